The van der Waals surface area contributed by atoms with Crippen LogP contribution in [0.2, 0.25) is 0 Å². The number of piperidine rings is 1. The number of rotatable bonds is 7. The molecule has 1 aromatic carbocycles. The molecular formula is C23H29N7O4S. The Kier molecular flexibility index (Phi) is 7.03. The molecule has 1 saturated heterocycles. The van der Waals surface area contributed by atoms with E-state index in [1.54, 1.807) is 48.3 Å². The van der Waals surface area contributed by atoms with Gasteiger partial charge in [-0.1, -0.05) is 18.2 Å². The highest BCUT2D eigenvalue weighted by molar-refractivity contribution is 7.89. The highest BCUT2D eigenvalue weighted by Crippen LogP contribution is 2.26. The lowest BCUT2D eigenvalue weighted by Gasteiger charge is -2.30. The molecule has 4 rings (SSSR count). The topological polar surface area (TPSA) is 131 Å². The van der Waals surface area contributed by atoms with E-state index in [0.29, 0.717) is 30.8 Å². The van der Waals surface area contributed by atoms with E-state index in [0.717, 1.165) is 5.69 Å². The van der Waals surface area contributed by atoms with E-state index in [9.17, 15) is 18.0 Å². The quantitative estimate of drug-likeness (QED) is 0.513. The first kappa shape index (κ1) is 24.6. The van der Waals surface area contributed by atoms with Gasteiger partial charge in [0.2, 0.25) is 15.9 Å². The van der Waals surface area contributed by atoms with E-state index in [1.165, 1.54) is 15.2 Å². The van der Waals surface area contributed by atoms with Crippen molar-refractivity contribution in [1.29, 1.82) is 0 Å². The predicted molar refractivity (Wildman–Crippen MR) is 130 cm³/mol. The molecule has 0 unspecified atom stereocenters. The number of hydrogen-bond donors (Lipinski definition) is 2. The molecule has 1 aliphatic heterocycles. The van der Waals surface area contributed by atoms with E-state index >= 15 is 0 Å². The smallest absolute Gasteiger partial charge is 0.276 e. The second kappa shape index (κ2) is 10.0. The second-order valence-electron chi connectivity index (χ2n) is 8.42. The fourth-order valence-corrected chi connectivity index (χ4v) is 5.58. The SMILES string of the molecule is CCn1ncc(NC(=O)C2CCN(S(=O)(=O)c3ccccc3)CC2)c1C(=O)Nc1cnn(C)c1C. The largest absolute Gasteiger partial charge is 0.323 e. The van der Waals surface area contributed by atoms with Crippen LogP contribution in [0.25, 0.3) is 0 Å². The lowest BCUT2D eigenvalue weighted by molar-refractivity contribution is -0.120. The summed E-state index contributed by atoms with van der Waals surface area (Å²) in [6, 6.07) is 8.28. The number of amides is 2. The van der Waals surface area contributed by atoms with Crippen molar-refractivity contribution in [2.24, 2.45) is 13.0 Å². The summed E-state index contributed by atoms with van der Waals surface area (Å²) in [5.41, 5.74) is 1.93. The van der Waals surface area contributed by atoms with Crippen LogP contribution in [0.15, 0.2) is 47.6 Å². The summed E-state index contributed by atoms with van der Waals surface area (Å²) in [7, 11) is -1.81. The monoisotopic (exact) mass is 499 g/mol. The van der Waals surface area contributed by atoms with Gasteiger partial charge in [0.05, 0.1) is 34.4 Å². The number of anilines is 2. The molecule has 11 nitrogen and oxygen atoms in total. The summed E-state index contributed by atoms with van der Waals surface area (Å²) >= 11 is 0. The average molecular weight is 500 g/mol. The van der Waals surface area contributed by atoms with Crippen LogP contribution in [0.4, 0.5) is 11.4 Å². The van der Waals surface area contributed by atoms with E-state index in [2.05, 4.69) is 20.8 Å². The van der Waals surface area contributed by atoms with Crippen LogP contribution in [0.1, 0.15) is 35.9 Å². The highest BCUT2D eigenvalue weighted by atomic mass is 32.2. The van der Waals surface area contributed by atoms with Gasteiger partial charge in [0.25, 0.3) is 5.91 Å². The number of hydrogen-bond acceptors (Lipinski definition) is 6. The molecule has 12 heteroatoms. The van der Waals surface area contributed by atoms with Crippen molar-refractivity contribution in [3.8, 4) is 0 Å². The maximum atomic E-state index is 13.0. The van der Waals surface area contributed by atoms with Crippen LogP contribution in [-0.2, 0) is 28.4 Å². The fraction of sp³-hybridized carbons (Fsp3) is 0.391. The normalized spacial score (nSPS) is 15.2. The third kappa shape index (κ3) is 4.98. The minimum absolute atomic E-state index is 0.244. The van der Waals surface area contributed by atoms with Crippen molar-refractivity contribution in [2.45, 2.75) is 38.1 Å². The van der Waals surface area contributed by atoms with E-state index in [1.807, 2.05) is 13.8 Å². The molecule has 2 amide bonds. The Hall–Kier alpha value is -3.51. The molecule has 35 heavy (non-hydrogen) atoms. The molecule has 1 aliphatic rings. The van der Waals surface area contributed by atoms with Crippen molar-refractivity contribution in [3.63, 3.8) is 0 Å². The van der Waals surface area contributed by atoms with Crippen LogP contribution in [-0.4, -0.2) is 57.2 Å². The molecule has 0 radical (unpaired) electrons. The number of carbonyl (C=O) groups excluding carboxylic acids is 2. The van der Waals surface area contributed by atoms with Gasteiger partial charge >= 0.3 is 0 Å². The van der Waals surface area contributed by atoms with E-state index < -0.39 is 15.9 Å². The van der Waals surface area contributed by atoms with Gasteiger partial charge in [-0.05, 0) is 38.8 Å². The van der Waals surface area contributed by atoms with Crippen molar-refractivity contribution in [2.75, 3.05) is 23.7 Å². The van der Waals surface area contributed by atoms with Crippen molar-refractivity contribution < 1.29 is 18.0 Å². The molecule has 3 heterocycles. The number of nitrogens with one attached hydrogen (secondary N) is 2. The number of benzene rings is 1. The molecule has 1 fully saturated rings. The summed E-state index contributed by atoms with van der Waals surface area (Å²) < 4.78 is 30.3. The fourth-order valence-electron chi connectivity index (χ4n) is 4.09. The van der Waals surface area contributed by atoms with E-state index in [-0.39, 0.29) is 35.5 Å². The van der Waals surface area contributed by atoms with Crippen molar-refractivity contribution >= 4 is 33.2 Å². The predicted octanol–water partition coefficient (Wildman–Crippen LogP) is 2.24. The van der Waals surface area contributed by atoms with Gasteiger partial charge in [-0.25, -0.2) is 8.42 Å². The number of aryl methyl sites for hydroxylation is 2. The number of sulfonamides is 1. The van der Waals surface area contributed by atoms with Crippen LogP contribution in [0.5, 0.6) is 0 Å². The van der Waals surface area contributed by atoms with Crippen LogP contribution >= 0.6 is 0 Å². The zero-order valence-electron chi connectivity index (χ0n) is 19.9. The Bertz CT molecular complexity index is 1320. The standard InChI is InChI=1S/C23H29N7O4S/c1-4-30-21(23(32)26-19-14-24-28(3)16(19)2)20(15-25-30)27-22(31)17-10-12-29(13-11-17)35(33,34)18-8-6-5-7-9-18/h5-9,14-15,17H,4,10-13H2,1-3H3,(H,26,32)(H,27,31). The minimum Gasteiger partial charge on any atom is -0.323 e. The summed E-state index contributed by atoms with van der Waals surface area (Å²) in [6.45, 7) is 4.63. The summed E-state index contributed by atoms with van der Waals surface area (Å²) in [5.74, 6) is -1.04. The van der Waals surface area contributed by atoms with Gasteiger partial charge in [0, 0.05) is 32.6 Å². The van der Waals surface area contributed by atoms with Crippen LogP contribution in [0.3, 0.4) is 0 Å². The summed E-state index contributed by atoms with van der Waals surface area (Å²) in [4.78, 5) is 26.3. The third-order valence-electron chi connectivity index (χ3n) is 6.30. The molecule has 2 N–H and O–H groups in total. The molecule has 0 aliphatic carbocycles. The van der Waals surface area contributed by atoms with Crippen molar-refractivity contribution in [3.05, 3.63) is 54.1 Å². The first-order chi connectivity index (χ1) is 16.7. The van der Waals surface area contributed by atoms with Crippen molar-refractivity contribution in [1.82, 2.24) is 23.9 Å². The number of carbonyl (C=O) groups is 2. The summed E-state index contributed by atoms with van der Waals surface area (Å²) in [6.07, 6.45) is 3.79. The van der Waals surface area contributed by atoms with Crippen LogP contribution < -0.4 is 10.6 Å². The average Bonchev–Trinajstić information content (AvgIpc) is 3.42. The molecule has 0 saturated carbocycles. The molecule has 3 aromatic rings. The Morgan fingerprint density at radius 1 is 1.03 bits per heavy atom. The molecule has 0 atom stereocenters. The third-order valence-corrected chi connectivity index (χ3v) is 8.21. The maximum Gasteiger partial charge on any atom is 0.276 e. The minimum atomic E-state index is -3.59. The van der Waals surface area contributed by atoms with E-state index in [4.69, 9.17) is 0 Å². The van der Waals surface area contributed by atoms with Crippen LogP contribution in [0, 0.1) is 12.8 Å². The number of nitrogens with zero attached hydrogens (tertiary/aromatic N) is 5. The van der Waals surface area contributed by atoms with Gasteiger partial charge in [0.1, 0.15) is 5.69 Å². The summed E-state index contributed by atoms with van der Waals surface area (Å²) in [5, 5.41) is 14.0. The molecule has 0 bridgehead atoms. The molecule has 186 valence electrons. The Morgan fingerprint density at radius 3 is 2.29 bits per heavy atom. The zero-order valence-corrected chi connectivity index (χ0v) is 20.7. The maximum absolute atomic E-state index is 13.0. The first-order valence-corrected chi connectivity index (χ1v) is 12.9. The lowest BCUT2D eigenvalue weighted by atomic mass is 9.97. The Morgan fingerprint density at radius 2 is 1.69 bits per heavy atom. The Labute approximate surface area is 204 Å². The van der Waals surface area contributed by atoms with Gasteiger partial charge in [-0.15, -0.1) is 0 Å². The van der Waals surface area contributed by atoms with Gasteiger partial charge in [0.15, 0.2) is 0 Å². The molecule has 2 aromatic heterocycles. The zero-order chi connectivity index (χ0) is 25.2. The highest BCUT2D eigenvalue weighted by Gasteiger charge is 2.33. The second-order valence-corrected chi connectivity index (χ2v) is 10.4. The van der Waals surface area contributed by atoms with Gasteiger partial charge in [-0.3, -0.25) is 19.0 Å². The Balaban J connectivity index is 1.43. The molecular weight excluding hydrogens is 470 g/mol. The number of aromatic nitrogens is 4. The van der Waals surface area contributed by atoms with Gasteiger partial charge < -0.3 is 10.6 Å². The molecule has 0 spiro atoms. The first-order valence-electron chi connectivity index (χ1n) is 11.4. The lowest BCUT2D eigenvalue weighted by Crippen LogP contribution is -2.41. The van der Waals surface area contributed by atoms with Gasteiger partial charge in [-0.2, -0.15) is 14.5 Å².